The molecule has 1 aliphatic rings. The number of hydrogen-bond acceptors (Lipinski definition) is 6. The average Bonchev–Trinajstić information content (AvgIpc) is 3.20. The number of aryl methyl sites for hydroxylation is 1. The molecule has 1 amide bonds. The third kappa shape index (κ3) is 5.55. The Morgan fingerprint density at radius 2 is 1.50 bits per heavy atom. The van der Waals surface area contributed by atoms with Gasteiger partial charge in [-0.3, -0.25) is 14.5 Å². The molecule has 40 heavy (non-hydrogen) atoms. The van der Waals surface area contributed by atoms with Crippen LogP contribution in [0.4, 0.5) is 5.69 Å². The molecule has 1 atom stereocenters. The molecule has 1 aliphatic heterocycles. The van der Waals surface area contributed by atoms with Gasteiger partial charge in [-0.15, -0.1) is 0 Å². The summed E-state index contributed by atoms with van der Waals surface area (Å²) < 4.78 is 17.3. The van der Waals surface area contributed by atoms with Gasteiger partial charge in [0.05, 0.1) is 31.4 Å². The lowest BCUT2D eigenvalue weighted by Gasteiger charge is -2.26. The van der Waals surface area contributed by atoms with E-state index in [0.717, 1.165) is 16.9 Å². The number of ketones is 1. The molecule has 0 aliphatic carbocycles. The Bertz CT molecular complexity index is 1440. The third-order valence-corrected chi connectivity index (χ3v) is 6.81. The number of rotatable bonds is 10. The number of nitrogens with zero attached hydrogens (tertiary/aromatic N) is 1. The minimum Gasteiger partial charge on any atom is -0.507 e. The summed E-state index contributed by atoms with van der Waals surface area (Å²) in [7, 11) is 0. The lowest BCUT2D eigenvalue weighted by molar-refractivity contribution is -0.132. The van der Waals surface area contributed by atoms with Crippen LogP contribution in [-0.4, -0.2) is 36.6 Å². The first-order valence-corrected chi connectivity index (χ1v) is 13.8. The predicted octanol–water partition coefficient (Wildman–Crippen LogP) is 6.94. The van der Waals surface area contributed by atoms with Gasteiger partial charge < -0.3 is 19.3 Å². The van der Waals surface area contributed by atoms with Gasteiger partial charge in [-0.1, -0.05) is 43.7 Å². The monoisotopic (exact) mass is 543 g/mol. The number of Topliss-reactive ketones (excluding diaryl/α,β-unsaturated/α-hetero) is 1. The number of carbonyl (C=O) groups excluding carboxylic acids is 2. The van der Waals surface area contributed by atoms with Crippen molar-refractivity contribution in [2.45, 2.75) is 53.5 Å². The molecule has 4 rings (SSSR count). The molecule has 0 radical (unpaired) electrons. The van der Waals surface area contributed by atoms with Crippen molar-refractivity contribution in [1.82, 2.24) is 0 Å². The zero-order chi connectivity index (χ0) is 29.0. The van der Waals surface area contributed by atoms with Gasteiger partial charge in [0, 0.05) is 17.3 Å². The van der Waals surface area contributed by atoms with E-state index in [2.05, 4.69) is 0 Å². The van der Waals surface area contributed by atoms with Crippen LogP contribution in [0.5, 0.6) is 17.2 Å². The minimum absolute atomic E-state index is 0.0290. The average molecular weight is 544 g/mol. The highest BCUT2D eigenvalue weighted by Gasteiger charge is 2.47. The quantitative estimate of drug-likeness (QED) is 0.169. The predicted molar refractivity (Wildman–Crippen MR) is 156 cm³/mol. The van der Waals surface area contributed by atoms with Gasteiger partial charge in [0.1, 0.15) is 11.5 Å². The van der Waals surface area contributed by atoms with Gasteiger partial charge in [-0.25, -0.2) is 0 Å². The third-order valence-electron chi connectivity index (χ3n) is 6.81. The molecule has 1 heterocycles. The first kappa shape index (κ1) is 28.7. The molecule has 0 aromatic heterocycles. The highest BCUT2D eigenvalue weighted by atomic mass is 16.5. The normalized spacial score (nSPS) is 16.5. The van der Waals surface area contributed by atoms with Crippen molar-refractivity contribution in [3.63, 3.8) is 0 Å². The summed E-state index contributed by atoms with van der Waals surface area (Å²) in [5, 5.41) is 11.6. The highest BCUT2D eigenvalue weighted by molar-refractivity contribution is 6.51. The maximum Gasteiger partial charge on any atom is 0.300 e. The van der Waals surface area contributed by atoms with Crippen molar-refractivity contribution >= 4 is 23.1 Å². The number of aliphatic hydroxyl groups is 1. The van der Waals surface area contributed by atoms with Gasteiger partial charge in [0.25, 0.3) is 11.7 Å². The topological polar surface area (TPSA) is 85.3 Å². The van der Waals surface area contributed by atoms with Crippen molar-refractivity contribution < 1.29 is 28.9 Å². The number of aliphatic hydroxyl groups excluding tert-OH is 1. The maximum atomic E-state index is 13.7. The fourth-order valence-electron chi connectivity index (χ4n) is 5.03. The Hall–Kier alpha value is -4.26. The first-order valence-electron chi connectivity index (χ1n) is 13.8. The Morgan fingerprint density at radius 3 is 2.15 bits per heavy atom. The highest BCUT2D eigenvalue weighted by Crippen LogP contribution is 2.44. The van der Waals surface area contributed by atoms with Crippen LogP contribution in [-0.2, 0) is 9.59 Å². The van der Waals surface area contributed by atoms with Crippen LogP contribution in [0.1, 0.15) is 68.8 Å². The van der Waals surface area contributed by atoms with Crippen molar-refractivity contribution in [3.05, 3.63) is 88.5 Å². The van der Waals surface area contributed by atoms with E-state index in [-0.39, 0.29) is 17.3 Å². The van der Waals surface area contributed by atoms with Gasteiger partial charge >= 0.3 is 0 Å². The van der Waals surface area contributed by atoms with E-state index in [1.165, 1.54) is 4.90 Å². The van der Waals surface area contributed by atoms with Gasteiger partial charge in [0.2, 0.25) is 0 Å². The Balaban J connectivity index is 1.93. The molecule has 7 heteroatoms. The van der Waals surface area contributed by atoms with Crippen LogP contribution in [0.3, 0.4) is 0 Å². The summed E-state index contributed by atoms with van der Waals surface area (Å²) in [5.74, 6) is 0.152. The molecule has 1 saturated heterocycles. The van der Waals surface area contributed by atoms with E-state index in [1.54, 1.807) is 30.3 Å². The molecule has 3 aromatic carbocycles. The summed E-state index contributed by atoms with van der Waals surface area (Å²) >= 11 is 0. The van der Waals surface area contributed by atoms with Gasteiger partial charge in [0.15, 0.2) is 11.5 Å². The van der Waals surface area contributed by atoms with E-state index in [4.69, 9.17) is 14.2 Å². The lowest BCUT2D eigenvalue weighted by Crippen LogP contribution is -2.29. The Morgan fingerprint density at radius 1 is 0.850 bits per heavy atom. The minimum atomic E-state index is -0.846. The van der Waals surface area contributed by atoms with E-state index >= 15 is 0 Å². The number of benzene rings is 3. The molecule has 0 saturated carbocycles. The van der Waals surface area contributed by atoms with E-state index < -0.39 is 17.7 Å². The molecular formula is C33H37NO6. The standard InChI is InChI=1S/C33H37NO6/c1-7-38-26-15-13-23(18-25(26)20(4)5)31(35)29-30(22-12-10-11-21(6)17-22)34(33(37)32(29)36)24-14-16-27(39-8-2)28(19-24)40-9-3/h10-20,30,35H,7-9H2,1-6H3/b31-29-. The van der Waals surface area contributed by atoms with Crippen LogP contribution in [0.15, 0.2) is 66.2 Å². The summed E-state index contributed by atoms with van der Waals surface area (Å²) in [6.45, 7) is 13.0. The molecule has 210 valence electrons. The first-order chi connectivity index (χ1) is 19.2. The summed E-state index contributed by atoms with van der Waals surface area (Å²) in [4.78, 5) is 28.7. The van der Waals surface area contributed by atoms with Crippen molar-refractivity contribution in [1.29, 1.82) is 0 Å². The molecule has 3 aromatic rings. The molecule has 7 nitrogen and oxygen atoms in total. The summed E-state index contributed by atoms with van der Waals surface area (Å²) in [5.41, 5.74) is 3.52. The van der Waals surface area contributed by atoms with E-state index in [0.29, 0.717) is 48.1 Å². The SMILES string of the molecule is CCOc1ccc(N2C(=O)C(=O)/C(=C(\O)c3ccc(OCC)c(C(C)C)c3)C2c2cccc(C)c2)cc1OCC. The number of anilines is 1. The second kappa shape index (κ2) is 12.3. The molecular weight excluding hydrogens is 506 g/mol. The molecule has 1 unspecified atom stereocenters. The van der Waals surface area contributed by atoms with Crippen molar-refractivity contribution in [3.8, 4) is 17.2 Å². The fourth-order valence-corrected chi connectivity index (χ4v) is 5.03. The smallest absolute Gasteiger partial charge is 0.300 e. The van der Waals surface area contributed by atoms with Gasteiger partial charge in [-0.2, -0.15) is 0 Å². The fraction of sp³-hybridized carbons (Fsp3) is 0.333. The van der Waals surface area contributed by atoms with Crippen LogP contribution < -0.4 is 19.1 Å². The lowest BCUT2D eigenvalue weighted by atomic mass is 9.92. The van der Waals surface area contributed by atoms with Crippen LogP contribution >= 0.6 is 0 Å². The summed E-state index contributed by atoms with van der Waals surface area (Å²) in [6.07, 6.45) is 0. The zero-order valence-corrected chi connectivity index (χ0v) is 24.0. The Labute approximate surface area is 236 Å². The Kier molecular flexibility index (Phi) is 8.83. The number of carbonyl (C=O) groups is 2. The van der Waals surface area contributed by atoms with Crippen LogP contribution in [0.25, 0.3) is 5.76 Å². The molecule has 0 spiro atoms. The second-order valence-electron chi connectivity index (χ2n) is 9.92. The molecule has 0 bridgehead atoms. The number of amides is 1. The number of ether oxygens (including phenoxy) is 3. The maximum absolute atomic E-state index is 13.7. The molecule has 1 fully saturated rings. The largest absolute Gasteiger partial charge is 0.507 e. The van der Waals surface area contributed by atoms with Crippen LogP contribution in [0, 0.1) is 6.92 Å². The van der Waals surface area contributed by atoms with Gasteiger partial charge in [-0.05, 0) is 75.1 Å². The van der Waals surface area contributed by atoms with E-state index in [9.17, 15) is 14.7 Å². The number of hydrogen-bond donors (Lipinski definition) is 1. The van der Waals surface area contributed by atoms with E-state index in [1.807, 2.05) is 71.9 Å². The second-order valence-corrected chi connectivity index (χ2v) is 9.92. The molecule has 1 N–H and O–H groups in total. The summed E-state index contributed by atoms with van der Waals surface area (Å²) in [6, 6.07) is 17.3. The zero-order valence-electron chi connectivity index (χ0n) is 24.0. The van der Waals surface area contributed by atoms with Crippen molar-refractivity contribution in [2.24, 2.45) is 0 Å². The van der Waals surface area contributed by atoms with Crippen LogP contribution in [0.2, 0.25) is 0 Å². The van der Waals surface area contributed by atoms with Crippen molar-refractivity contribution in [2.75, 3.05) is 24.7 Å².